The number of pyridine rings is 1. The zero-order chi connectivity index (χ0) is 31.5. The van der Waals surface area contributed by atoms with Gasteiger partial charge in [-0.1, -0.05) is 116 Å². The van der Waals surface area contributed by atoms with Crippen LogP contribution in [0, 0.1) is 23.3 Å². The molecule has 0 saturated heterocycles. The van der Waals surface area contributed by atoms with Crippen LogP contribution in [0.1, 0.15) is 92.2 Å². The summed E-state index contributed by atoms with van der Waals surface area (Å²) in [5.74, 6) is 1.44. The molecule has 0 amide bonds. The Morgan fingerprint density at radius 2 is 1.52 bits per heavy atom. The molecule has 5 rings (SSSR count). The van der Waals surface area contributed by atoms with Gasteiger partial charge in [0.05, 0.1) is 5.76 Å². The minimum Gasteiger partial charge on any atom is -0.512 e. The van der Waals surface area contributed by atoms with Crippen molar-refractivity contribution in [3.63, 3.8) is 0 Å². The Morgan fingerprint density at radius 3 is 2.11 bits per heavy atom. The Labute approximate surface area is 278 Å². The smallest absolute Gasteiger partial charge is 0.159 e. The summed E-state index contributed by atoms with van der Waals surface area (Å²) in [7, 11) is 0. The standard InChI is InChI=1S/C29H28N.C11H20O2.Ir/c1-18(2)20-10-11-24-25(16-20)22-8-6-7-9-23(22)26-15-19(17-29(3,4)5)14-21-12-13-30-28(24)27(21)26;1-8(2)5-10(12)7-11(13)6-9(3)4;/h6-10,12-16,18H,17H2,1-5H3;7-9,12H,5-6H2,1-4H3;/q-1;;/b;10-7-;. The average Bonchev–Trinajstić information content (AvgIpc) is 3.01. The normalized spacial score (nSPS) is 12.3. The minimum absolute atomic E-state index is 0. The van der Waals surface area contributed by atoms with Gasteiger partial charge in [-0.05, 0) is 62.9 Å². The first kappa shape index (κ1) is 35.4. The molecule has 4 aromatic rings. The van der Waals surface area contributed by atoms with Crippen LogP contribution in [0.5, 0.6) is 0 Å². The molecule has 1 N–H and O–H groups in total. The third kappa shape index (κ3) is 8.77. The molecule has 1 aromatic heterocycles. The fraction of sp³-hybridized carbons (Fsp3) is 0.400. The molecule has 44 heavy (non-hydrogen) atoms. The second-order valence-corrected chi connectivity index (χ2v) is 14.4. The summed E-state index contributed by atoms with van der Waals surface area (Å²) in [4.78, 5) is 16.1. The fourth-order valence-electron chi connectivity index (χ4n) is 5.83. The molecular formula is C40H48IrNO2-. The van der Waals surface area contributed by atoms with Crippen LogP contribution in [0.4, 0.5) is 0 Å². The number of fused-ring (bicyclic) bond motifs is 5. The number of rotatable bonds is 7. The van der Waals surface area contributed by atoms with E-state index in [4.69, 9.17) is 4.98 Å². The summed E-state index contributed by atoms with van der Waals surface area (Å²) in [6.45, 7) is 19.4. The summed E-state index contributed by atoms with van der Waals surface area (Å²) in [6.07, 6.45) is 5.46. The third-order valence-electron chi connectivity index (χ3n) is 7.59. The molecule has 1 aliphatic rings. The first-order valence-electron chi connectivity index (χ1n) is 15.7. The van der Waals surface area contributed by atoms with Crippen molar-refractivity contribution >= 4 is 16.6 Å². The number of nitrogens with zero attached hydrogens (tertiary/aromatic N) is 1. The van der Waals surface area contributed by atoms with Crippen molar-refractivity contribution in [2.75, 3.05) is 0 Å². The van der Waals surface area contributed by atoms with Crippen molar-refractivity contribution in [2.24, 2.45) is 17.3 Å². The maximum absolute atomic E-state index is 11.2. The van der Waals surface area contributed by atoms with Crippen LogP contribution in [0.15, 0.2) is 72.6 Å². The van der Waals surface area contributed by atoms with Gasteiger partial charge in [0.25, 0.3) is 0 Å². The Bertz CT molecular complexity index is 1640. The van der Waals surface area contributed by atoms with E-state index in [0.717, 1.165) is 17.7 Å². The van der Waals surface area contributed by atoms with Crippen LogP contribution in [-0.2, 0) is 31.3 Å². The van der Waals surface area contributed by atoms with Crippen LogP contribution < -0.4 is 0 Å². The Balaban J connectivity index is 0.000000324. The van der Waals surface area contributed by atoms with E-state index >= 15 is 0 Å². The molecule has 1 heterocycles. The van der Waals surface area contributed by atoms with Crippen LogP contribution in [0.25, 0.3) is 44.3 Å². The van der Waals surface area contributed by atoms with Gasteiger partial charge >= 0.3 is 0 Å². The summed E-state index contributed by atoms with van der Waals surface area (Å²) in [6, 6.07) is 23.8. The summed E-state index contributed by atoms with van der Waals surface area (Å²) >= 11 is 0. The van der Waals surface area contributed by atoms with Gasteiger partial charge in [0, 0.05) is 45.2 Å². The maximum atomic E-state index is 11.2. The molecule has 0 spiro atoms. The monoisotopic (exact) mass is 767 g/mol. The van der Waals surface area contributed by atoms with Crippen LogP contribution in [-0.4, -0.2) is 15.9 Å². The van der Waals surface area contributed by atoms with E-state index in [0.29, 0.717) is 30.6 Å². The van der Waals surface area contributed by atoms with Crippen molar-refractivity contribution in [2.45, 2.75) is 87.5 Å². The molecule has 0 atom stereocenters. The molecule has 1 aliphatic carbocycles. The van der Waals surface area contributed by atoms with Gasteiger partial charge in [0.1, 0.15) is 0 Å². The van der Waals surface area contributed by atoms with Crippen molar-refractivity contribution in [3.05, 3.63) is 89.8 Å². The molecule has 0 saturated carbocycles. The number of aliphatic hydroxyl groups is 1. The molecule has 3 nitrogen and oxygen atoms in total. The molecule has 3 aromatic carbocycles. The zero-order valence-corrected chi connectivity index (χ0v) is 30.2. The maximum Gasteiger partial charge on any atom is 0.159 e. The van der Waals surface area contributed by atoms with Crippen molar-refractivity contribution < 1.29 is 30.0 Å². The van der Waals surface area contributed by atoms with Crippen molar-refractivity contribution in [3.8, 4) is 33.5 Å². The van der Waals surface area contributed by atoms with Gasteiger partial charge in [-0.3, -0.25) is 4.79 Å². The van der Waals surface area contributed by atoms with Gasteiger partial charge in [-0.15, -0.1) is 29.3 Å². The van der Waals surface area contributed by atoms with E-state index in [1.807, 2.05) is 33.9 Å². The largest absolute Gasteiger partial charge is 0.512 e. The molecule has 0 bridgehead atoms. The Morgan fingerprint density at radius 1 is 0.886 bits per heavy atom. The van der Waals surface area contributed by atoms with Gasteiger partial charge < -0.3 is 10.1 Å². The molecular weight excluding hydrogens is 719 g/mol. The third-order valence-corrected chi connectivity index (χ3v) is 7.59. The summed E-state index contributed by atoms with van der Waals surface area (Å²) in [5, 5.41) is 11.9. The number of aliphatic hydroxyl groups excluding tert-OH is 1. The Hall–Kier alpha value is -3.07. The number of hydrogen-bond donors (Lipinski definition) is 1. The number of carbonyl (C=O) groups excluding carboxylic acids is 1. The number of carbonyl (C=O) groups is 1. The number of ketones is 1. The van der Waals surface area contributed by atoms with Gasteiger partial charge in [-0.25, -0.2) is 0 Å². The molecule has 1 radical (unpaired) electrons. The van der Waals surface area contributed by atoms with E-state index in [1.54, 1.807) is 0 Å². The molecule has 0 fully saturated rings. The van der Waals surface area contributed by atoms with Crippen LogP contribution in [0.3, 0.4) is 0 Å². The van der Waals surface area contributed by atoms with E-state index in [-0.39, 0.29) is 37.1 Å². The Kier molecular flexibility index (Phi) is 11.9. The second-order valence-electron chi connectivity index (χ2n) is 14.4. The first-order chi connectivity index (χ1) is 20.2. The van der Waals surface area contributed by atoms with Crippen molar-refractivity contribution in [1.82, 2.24) is 4.98 Å². The number of allylic oxidation sites excluding steroid dienone is 2. The topological polar surface area (TPSA) is 50.2 Å². The van der Waals surface area contributed by atoms with Crippen LogP contribution in [0.2, 0.25) is 0 Å². The first-order valence-corrected chi connectivity index (χ1v) is 15.7. The zero-order valence-electron chi connectivity index (χ0n) is 27.8. The fourth-order valence-corrected chi connectivity index (χ4v) is 5.83. The van der Waals surface area contributed by atoms with Crippen molar-refractivity contribution in [1.29, 1.82) is 0 Å². The van der Waals surface area contributed by atoms with Gasteiger partial charge in [0.15, 0.2) is 5.78 Å². The average molecular weight is 767 g/mol. The number of benzene rings is 3. The number of hydrogen-bond acceptors (Lipinski definition) is 3. The molecule has 0 aliphatic heterocycles. The predicted octanol–water partition coefficient (Wildman–Crippen LogP) is 11.1. The van der Waals surface area contributed by atoms with Gasteiger partial charge in [-0.2, -0.15) is 0 Å². The molecule has 4 heteroatoms. The minimum atomic E-state index is 0. The number of aromatic nitrogens is 1. The quantitative estimate of drug-likeness (QED) is 0.102. The second kappa shape index (κ2) is 14.8. The SMILES string of the molecule is CC(C)CC(=O)/C=C(\O)CC(C)C.CC(C)c1c[c-]c2c(c1)-c1ccccc1-c1cc(CC(C)(C)C)cc3ccnc-2c13.[Ir]. The summed E-state index contributed by atoms with van der Waals surface area (Å²) < 4.78 is 0. The van der Waals surface area contributed by atoms with E-state index in [1.165, 1.54) is 50.2 Å². The molecule has 235 valence electrons. The van der Waals surface area contributed by atoms with E-state index in [9.17, 15) is 9.90 Å². The van der Waals surface area contributed by atoms with Gasteiger partial charge in [0.2, 0.25) is 0 Å². The molecule has 0 unspecified atom stereocenters. The predicted molar refractivity (Wildman–Crippen MR) is 182 cm³/mol. The van der Waals surface area contributed by atoms with Crippen LogP contribution >= 0.6 is 0 Å². The van der Waals surface area contributed by atoms with E-state index in [2.05, 4.69) is 95.3 Å². The summed E-state index contributed by atoms with van der Waals surface area (Å²) in [5.41, 5.74) is 10.2. The van der Waals surface area contributed by atoms with E-state index < -0.39 is 0 Å².